The van der Waals surface area contributed by atoms with E-state index in [1.165, 1.54) is 31.3 Å². The summed E-state index contributed by atoms with van der Waals surface area (Å²) in [6.45, 7) is 0. The molecule has 8 nitrogen and oxygen atoms in total. The number of nitrogens with one attached hydrogen (secondary N) is 1. The fourth-order valence-corrected chi connectivity index (χ4v) is 9.18. The van der Waals surface area contributed by atoms with Crippen LogP contribution in [0.4, 0.5) is 0 Å². The number of ether oxygens (including phenoxy) is 2. The zero-order valence-electron chi connectivity index (χ0n) is 23.7. The normalized spacial score (nSPS) is 30.2. The molecular weight excluding hydrogens is 554 g/mol. The van der Waals surface area contributed by atoms with Crippen LogP contribution in [0, 0.1) is 23.2 Å². The van der Waals surface area contributed by atoms with Gasteiger partial charge in [-0.3, -0.25) is 4.79 Å². The smallest absolute Gasteiger partial charge is 0.328 e. The van der Waals surface area contributed by atoms with Crippen molar-refractivity contribution in [3.8, 4) is 5.75 Å². The van der Waals surface area contributed by atoms with E-state index in [2.05, 4.69) is 4.98 Å². The Morgan fingerprint density at radius 3 is 2.29 bits per heavy atom. The number of carbonyl (C=O) groups excluding carboxylic acids is 3. The number of aromatic nitrogens is 1. The van der Waals surface area contributed by atoms with Crippen molar-refractivity contribution in [3.05, 3.63) is 65.4 Å². The van der Waals surface area contributed by atoms with Crippen LogP contribution in [0.2, 0.25) is 0 Å². The highest BCUT2D eigenvalue weighted by Crippen LogP contribution is 2.61. The number of esters is 2. The van der Waals surface area contributed by atoms with Gasteiger partial charge in [-0.1, -0.05) is 30.3 Å². The van der Waals surface area contributed by atoms with Crippen molar-refractivity contribution in [1.82, 2.24) is 9.88 Å². The van der Waals surface area contributed by atoms with Crippen LogP contribution in [0.3, 0.4) is 0 Å². The lowest BCUT2D eigenvalue weighted by Gasteiger charge is -2.58. The maximum absolute atomic E-state index is 13.3. The summed E-state index contributed by atoms with van der Waals surface area (Å²) in [5.41, 5.74) is 9.95. The second-order valence-electron chi connectivity index (χ2n) is 12.9. The van der Waals surface area contributed by atoms with Crippen LogP contribution in [0.15, 0.2) is 48.5 Å². The molecule has 1 amide bonds. The molecule has 3 aromatic rings. The van der Waals surface area contributed by atoms with Crippen molar-refractivity contribution in [2.75, 3.05) is 13.0 Å². The Labute approximate surface area is 249 Å². The van der Waals surface area contributed by atoms with Crippen LogP contribution in [-0.4, -0.2) is 52.8 Å². The maximum Gasteiger partial charge on any atom is 0.328 e. The monoisotopic (exact) mass is 589 g/mol. The maximum atomic E-state index is 13.3. The van der Waals surface area contributed by atoms with Gasteiger partial charge in [0.25, 0.3) is 0 Å². The Morgan fingerprint density at radius 1 is 1.02 bits per heavy atom. The number of para-hydroxylation sites is 1. The summed E-state index contributed by atoms with van der Waals surface area (Å²) in [5, 5.41) is 0.994. The summed E-state index contributed by atoms with van der Waals surface area (Å²) in [6, 6.07) is 12.9. The fraction of sp³-hybridized carbons (Fsp3) is 0.485. The number of H-pyrrole nitrogens is 1. The van der Waals surface area contributed by atoms with Crippen LogP contribution >= 0.6 is 11.6 Å². The van der Waals surface area contributed by atoms with Gasteiger partial charge in [-0.05, 0) is 91.0 Å². The molecule has 4 aliphatic carbocycles. The average molecular weight is 590 g/mol. The van der Waals surface area contributed by atoms with Crippen molar-refractivity contribution < 1.29 is 23.9 Å². The Kier molecular flexibility index (Phi) is 6.82. The van der Waals surface area contributed by atoms with Crippen LogP contribution < -0.4 is 10.5 Å². The molecule has 220 valence electrons. The molecule has 2 aromatic carbocycles. The largest absolute Gasteiger partial charge is 0.467 e. The molecule has 9 heteroatoms. The number of rotatable bonds is 6. The van der Waals surface area contributed by atoms with Gasteiger partial charge in [0, 0.05) is 23.0 Å². The van der Waals surface area contributed by atoms with E-state index in [-0.39, 0.29) is 23.2 Å². The number of amides is 1. The quantitative estimate of drug-likeness (QED) is 0.241. The Hall–Kier alpha value is -3.36. The topological polar surface area (TPSA) is 115 Å². The highest BCUT2D eigenvalue weighted by molar-refractivity contribution is 6.27. The predicted molar refractivity (Wildman–Crippen MR) is 158 cm³/mol. The zero-order valence-corrected chi connectivity index (χ0v) is 24.4. The van der Waals surface area contributed by atoms with E-state index < -0.39 is 24.1 Å². The van der Waals surface area contributed by atoms with Gasteiger partial charge in [0.1, 0.15) is 23.7 Å². The van der Waals surface area contributed by atoms with Gasteiger partial charge in [0.15, 0.2) is 0 Å². The third-order valence-electron chi connectivity index (χ3n) is 10.4. The highest BCUT2D eigenvalue weighted by atomic mass is 35.5. The number of alkyl halides is 1. The fourth-order valence-electron chi connectivity index (χ4n) is 9.04. The number of hydrogen-bond acceptors (Lipinski definition) is 6. The second kappa shape index (κ2) is 10.4. The van der Waals surface area contributed by atoms with Gasteiger partial charge in [0.2, 0.25) is 5.91 Å². The van der Waals surface area contributed by atoms with Gasteiger partial charge in [-0.15, -0.1) is 11.6 Å². The summed E-state index contributed by atoms with van der Waals surface area (Å²) in [6.07, 6.45) is 7.21. The lowest BCUT2D eigenvalue weighted by molar-refractivity contribution is -0.154. The first kappa shape index (κ1) is 27.5. The van der Waals surface area contributed by atoms with Gasteiger partial charge in [-0.2, -0.15) is 0 Å². The average Bonchev–Trinajstić information content (AvgIpc) is 3.37. The predicted octanol–water partition coefficient (Wildman–Crippen LogP) is 4.87. The van der Waals surface area contributed by atoms with E-state index in [1.807, 2.05) is 36.4 Å². The number of halogens is 1. The molecule has 0 radical (unpaired) electrons. The minimum Gasteiger partial charge on any atom is -0.467 e. The highest BCUT2D eigenvalue weighted by Gasteiger charge is 2.55. The van der Waals surface area contributed by atoms with Crippen LogP contribution in [0.1, 0.15) is 61.4 Å². The van der Waals surface area contributed by atoms with Gasteiger partial charge in [-0.25, -0.2) is 9.59 Å². The van der Waals surface area contributed by atoms with Crippen LogP contribution in [0.25, 0.3) is 10.9 Å². The van der Waals surface area contributed by atoms with Crippen molar-refractivity contribution in [3.63, 3.8) is 0 Å². The Bertz CT molecular complexity index is 1510. The molecule has 0 saturated heterocycles. The molecule has 4 bridgehead atoms. The van der Waals surface area contributed by atoms with Crippen molar-refractivity contribution in [1.29, 1.82) is 0 Å². The van der Waals surface area contributed by atoms with Gasteiger partial charge < -0.3 is 25.1 Å². The van der Waals surface area contributed by atoms with Crippen molar-refractivity contribution >= 4 is 40.3 Å². The summed E-state index contributed by atoms with van der Waals surface area (Å²) in [4.78, 5) is 44.6. The minimum absolute atomic E-state index is 0.148. The third kappa shape index (κ3) is 4.42. The standard InChI is InChI=1S/C33H36ClN3O5/c1-41-31(39)26-13-24-23-4-2-3-5-25(23)36-28(24)29(37(26)27(38)17-34)21-6-8-22(9-7-21)42-32(40)30(35)33-14-18-10-19(15-33)12-20(11-18)16-33/h2-9,18-20,26,29-30,36H,10-17,35H2,1H3/t18-,19+,20?,26-,29+,30-,33?/m1/s1. The molecular formula is C33H36ClN3O5. The Balaban J connectivity index is 1.19. The van der Waals surface area contributed by atoms with E-state index in [1.54, 1.807) is 12.1 Å². The molecule has 2 heterocycles. The number of nitrogens with two attached hydrogens (primary N) is 1. The molecule has 1 aliphatic heterocycles. The molecule has 8 rings (SSSR count). The minimum atomic E-state index is -0.839. The van der Waals surface area contributed by atoms with E-state index in [0.717, 1.165) is 47.0 Å². The van der Waals surface area contributed by atoms with E-state index in [4.69, 9.17) is 26.8 Å². The van der Waals surface area contributed by atoms with Gasteiger partial charge in [0.05, 0.1) is 13.2 Å². The third-order valence-corrected chi connectivity index (χ3v) is 10.6. The lowest BCUT2D eigenvalue weighted by Crippen LogP contribution is -2.58. The number of benzene rings is 2. The molecule has 42 heavy (non-hydrogen) atoms. The number of methoxy groups -OCH3 is 1. The molecule has 5 aliphatic rings. The number of fused-ring (bicyclic) bond motifs is 3. The number of hydrogen-bond donors (Lipinski definition) is 2. The summed E-state index contributed by atoms with van der Waals surface area (Å²) >= 11 is 6.06. The summed E-state index contributed by atoms with van der Waals surface area (Å²) < 4.78 is 11.0. The first-order chi connectivity index (χ1) is 20.3. The van der Waals surface area contributed by atoms with Gasteiger partial charge >= 0.3 is 11.9 Å². The van der Waals surface area contributed by atoms with Crippen molar-refractivity contribution in [2.24, 2.45) is 28.9 Å². The lowest BCUT2D eigenvalue weighted by atomic mass is 9.48. The molecule has 4 fully saturated rings. The number of carbonyl (C=O) groups is 3. The first-order valence-electron chi connectivity index (χ1n) is 14.9. The van der Waals surface area contributed by atoms with Crippen LogP contribution in [-0.2, 0) is 25.5 Å². The van der Waals surface area contributed by atoms with Crippen LogP contribution in [0.5, 0.6) is 5.75 Å². The molecule has 3 atom stereocenters. The number of aromatic amines is 1. The molecule has 3 N–H and O–H groups in total. The van der Waals surface area contributed by atoms with E-state index in [9.17, 15) is 14.4 Å². The number of nitrogens with zero attached hydrogens (tertiary/aromatic N) is 1. The molecule has 0 spiro atoms. The van der Waals surface area contributed by atoms with E-state index in [0.29, 0.717) is 29.9 Å². The van der Waals surface area contributed by atoms with Crippen molar-refractivity contribution in [2.45, 2.75) is 63.1 Å². The summed E-state index contributed by atoms with van der Waals surface area (Å²) in [7, 11) is 1.32. The molecule has 0 unspecified atom stereocenters. The van der Waals surface area contributed by atoms with E-state index >= 15 is 0 Å². The molecule has 4 saturated carbocycles. The summed E-state index contributed by atoms with van der Waals surface area (Å²) in [5.74, 6) is 0.918. The molecule has 1 aromatic heterocycles. The zero-order chi connectivity index (χ0) is 29.2. The SMILES string of the molecule is COC(=O)[C@H]1Cc2c([nH]c3ccccc23)[C@H](c2ccc(OC(=O)[C@@H](N)C34CC5C[C@H](C3)C[C@@H](C5)C4)cc2)N1C(=O)CCl. The Morgan fingerprint density at radius 2 is 1.67 bits per heavy atom. The second-order valence-corrected chi connectivity index (χ2v) is 13.2. The first-order valence-corrected chi connectivity index (χ1v) is 15.5.